The molecule has 0 radical (unpaired) electrons. The molecule has 0 saturated carbocycles. The van der Waals surface area contributed by atoms with Crippen LogP contribution in [0.3, 0.4) is 0 Å². The van der Waals surface area contributed by atoms with Crippen LogP contribution in [0.1, 0.15) is 0 Å². The summed E-state index contributed by atoms with van der Waals surface area (Å²) >= 11 is 0. The molecule has 7 heavy (non-hydrogen) atoms. The van der Waals surface area contributed by atoms with Gasteiger partial charge in [-0.15, -0.1) is 4.48 Å². The Balaban J connectivity index is 3.25. The van der Waals surface area contributed by atoms with E-state index in [0.717, 1.165) is 0 Å². The molecular formula is C5H8FN. The Hall–Kier alpha value is -0.790. The number of nitrogens with zero attached hydrogens (tertiary/aromatic N) is 1. The van der Waals surface area contributed by atoms with Crippen molar-refractivity contribution in [2.45, 2.75) is 0 Å². The van der Waals surface area contributed by atoms with Gasteiger partial charge in [0.25, 0.3) is 0 Å². The first kappa shape index (κ1) is 6.21. The smallest absolute Gasteiger partial charge is 0.0387 e. The van der Waals surface area contributed by atoms with Crippen molar-refractivity contribution < 1.29 is 4.48 Å². The number of rotatable bonds is 2. The van der Waals surface area contributed by atoms with Crippen LogP contribution in [0.4, 0.5) is 4.48 Å². The molecule has 1 nitrogen and oxygen atoms in total. The largest absolute Gasteiger partial charge is 0.222 e. The Kier molecular flexibility index (Phi) is 3.02. The minimum atomic E-state index is 0.460. The first-order chi connectivity index (χ1) is 3.27. The average Bonchev–Trinajstić information content (AvgIpc) is 1.61. The number of hydrogen-bond acceptors (Lipinski definition) is 1. The van der Waals surface area contributed by atoms with Gasteiger partial charge in [0.15, 0.2) is 0 Å². The Labute approximate surface area is 42.7 Å². The fourth-order valence-corrected chi connectivity index (χ4v) is 0.179. The predicted octanol–water partition coefficient (Wildman–Crippen LogP) is 1.50. The van der Waals surface area contributed by atoms with Crippen LogP contribution in [-0.2, 0) is 0 Å². The van der Waals surface area contributed by atoms with Crippen molar-refractivity contribution in [1.29, 1.82) is 0 Å². The van der Waals surface area contributed by atoms with E-state index in [0.29, 0.717) is 5.12 Å². The molecule has 0 saturated heterocycles. The fourth-order valence-electron chi connectivity index (χ4n) is 0.179. The zero-order chi connectivity index (χ0) is 5.70. The van der Waals surface area contributed by atoms with Crippen LogP contribution in [0, 0.1) is 0 Å². The molecule has 0 aliphatic heterocycles. The van der Waals surface area contributed by atoms with E-state index in [4.69, 9.17) is 0 Å². The van der Waals surface area contributed by atoms with Gasteiger partial charge in [0.2, 0.25) is 0 Å². The van der Waals surface area contributed by atoms with Gasteiger partial charge in [-0.25, -0.2) is 5.12 Å². The van der Waals surface area contributed by atoms with Crippen LogP contribution < -0.4 is 0 Å². The Bertz CT molecular complexity index is 76.1. The van der Waals surface area contributed by atoms with E-state index in [1.54, 1.807) is 0 Å². The lowest BCUT2D eigenvalue weighted by molar-refractivity contribution is 0.128. The van der Waals surface area contributed by atoms with Gasteiger partial charge in [-0.2, -0.15) is 0 Å². The van der Waals surface area contributed by atoms with E-state index in [1.807, 2.05) is 0 Å². The molecule has 0 aliphatic rings. The maximum absolute atomic E-state index is 11.6. The standard InChI is InChI=1S/C5H8FN/c1-3-4-5-7(2)6/h3-5H,1H2,2H3/b5-4-. The van der Waals surface area contributed by atoms with Crippen molar-refractivity contribution in [2.75, 3.05) is 7.05 Å². The highest BCUT2D eigenvalue weighted by Crippen LogP contribution is 1.81. The van der Waals surface area contributed by atoms with E-state index in [2.05, 4.69) is 6.58 Å². The van der Waals surface area contributed by atoms with E-state index in [9.17, 15) is 4.48 Å². The number of hydrogen-bond donors (Lipinski definition) is 0. The SMILES string of the molecule is C=C/C=C\N(C)F. The maximum atomic E-state index is 11.6. The lowest BCUT2D eigenvalue weighted by Gasteiger charge is -1.92. The normalized spacial score (nSPS) is 9.43. The van der Waals surface area contributed by atoms with E-state index >= 15 is 0 Å². The van der Waals surface area contributed by atoms with Crippen LogP contribution in [0.2, 0.25) is 0 Å². The first-order valence-electron chi connectivity index (χ1n) is 1.95. The highest BCUT2D eigenvalue weighted by Gasteiger charge is 1.73. The topological polar surface area (TPSA) is 3.24 Å². The third-order valence-electron chi connectivity index (χ3n) is 0.428. The second-order valence-corrected chi connectivity index (χ2v) is 1.10. The van der Waals surface area contributed by atoms with Crippen molar-refractivity contribution in [3.8, 4) is 0 Å². The third kappa shape index (κ3) is 5.21. The summed E-state index contributed by atoms with van der Waals surface area (Å²) in [7, 11) is 1.31. The molecule has 0 amide bonds. The molecule has 0 aromatic rings. The van der Waals surface area contributed by atoms with Gasteiger partial charge in [-0.1, -0.05) is 12.7 Å². The lowest BCUT2D eigenvalue weighted by atomic mass is 10.6. The quantitative estimate of drug-likeness (QED) is 0.376. The molecule has 0 fully saturated rings. The predicted molar refractivity (Wildman–Crippen MR) is 28.2 cm³/mol. The van der Waals surface area contributed by atoms with Gasteiger partial charge in [0.1, 0.15) is 0 Å². The Morgan fingerprint density at radius 3 is 2.43 bits per heavy atom. The van der Waals surface area contributed by atoms with Crippen molar-refractivity contribution in [2.24, 2.45) is 0 Å². The molecule has 0 heterocycles. The Morgan fingerprint density at radius 2 is 2.29 bits per heavy atom. The van der Waals surface area contributed by atoms with Gasteiger partial charge >= 0.3 is 0 Å². The molecule has 0 aliphatic carbocycles. The number of allylic oxidation sites excluding steroid dienone is 2. The minimum absolute atomic E-state index is 0.460. The van der Waals surface area contributed by atoms with Gasteiger partial charge in [-0.3, -0.25) is 0 Å². The average molecular weight is 101 g/mol. The summed E-state index contributed by atoms with van der Waals surface area (Å²) in [6.07, 6.45) is 4.29. The van der Waals surface area contributed by atoms with E-state index in [-0.39, 0.29) is 0 Å². The zero-order valence-electron chi connectivity index (χ0n) is 4.26. The molecule has 0 spiro atoms. The van der Waals surface area contributed by atoms with Crippen LogP contribution >= 0.6 is 0 Å². The molecule has 0 N–H and O–H groups in total. The van der Waals surface area contributed by atoms with Gasteiger partial charge in [0, 0.05) is 13.2 Å². The van der Waals surface area contributed by atoms with Gasteiger partial charge in [0.05, 0.1) is 0 Å². The molecule has 2 heteroatoms. The summed E-state index contributed by atoms with van der Waals surface area (Å²) in [5, 5.41) is 0.460. The summed E-state index contributed by atoms with van der Waals surface area (Å²) in [6, 6.07) is 0. The first-order valence-corrected chi connectivity index (χ1v) is 1.95. The minimum Gasteiger partial charge on any atom is -0.222 e. The second kappa shape index (κ2) is 3.40. The van der Waals surface area contributed by atoms with Crippen molar-refractivity contribution in [3.05, 3.63) is 24.9 Å². The summed E-state index contributed by atoms with van der Waals surface area (Å²) in [4.78, 5) is 0. The molecule has 0 rings (SSSR count). The molecule has 0 unspecified atom stereocenters. The molecule has 0 bridgehead atoms. The number of halogens is 1. The van der Waals surface area contributed by atoms with E-state index in [1.165, 1.54) is 25.4 Å². The van der Waals surface area contributed by atoms with Crippen LogP contribution in [0.5, 0.6) is 0 Å². The van der Waals surface area contributed by atoms with Gasteiger partial charge in [-0.05, 0) is 6.08 Å². The second-order valence-electron chi connectivity index (χ2n) is 1.10. The van der Waals surface area contributed by atoms with Crippen molar-refractivity contribution in [3.63, 3.8) is 0 Å². The van der Waals surface area contributed by atoms with Crippen molar-refractivity contribution >= 4 is 0 Å². The summed E-state index contributed by atoms with van der Waals surface area (Å²) < 4.78 is 11.6. The highest BCUT2D eigenvalue weighted by atomic mass is 19.2. The summed E-state index contributed by atoms with van der Waals surface area (Å²) in [5.41, 5.74) is 0. The highest BCUT2D eigenvalue weighted by molar-refractivity contribution is 4.94. The Morgan fingerprint density at radius 1 is 1.71 bits per heavy atom. The molecular weight excluding hydrogens is 93.1 g/mol. The zero-order valence-corrected chi connectivity index (χ0v) is 4.26. The molecule has 0 aromatic carbocycles. The molecule has 0 atom stereocenters. The van der Waals surface area contributed by atoms with Gasteiger partial charge < -0.3 is 0 Å². The fraction of sp³-hybridized carbons (Fsp3) is 0.200. The van der Waals surface area contributed by atoms with E-state index < -0.39 is 0 Å². The molecule has 40 valence electrons. The summed E-state index contributed by atoms with van der Waals surface area (Å²) in [6.45, 7) is 3.35. The van der Waals surface area contributed by atoms with Crippen molar-refractivity contribution in [1.82, 2.24) is 5.12 Å². The van der Waals surface area contributed by atoms with Crippen LogP contribution in [0.15, 0.2) is 24.9 Å². The third-order valence-corrected chi connectivity index (χ3v) is 0.428. The monoisotopic (exact) mass is 101 g/mol. The van der Waals surface area contributed by atoms with Crippen LogP contribution in [0.25, 0.3) is 0 Å². The summed E-state index contributed by atoms with van der Waals surface area (Å²) in [5.74, 6) is 0. The maximum Gasteiger partial charge on any atom is 0.0387 e. The molecule has 0 aromatic heterocycles. The lowest BCUT2D eigenvalue weighted by Crippen LogP contribution is -1.91. The van der Waals surface area contributed by atoms with Crippen LogP contribution in [-0.4, -0.2) is 12.2 Å².